The summed E-state index contributed by atoms with van der Waals surface area (Å²) >= 11 is 0. The molecule has 4 nitrogen and oxygen atoms in total. The van der Waals surface area contributed by atoms with Gasteiger partial charge in [0, 0.05) is 19.6 Å². The van der Waals surface area contributed by atoms with Gasteiger partial charge in [-0.25, -0.2) is 0 Å². The van der Waals surface area contributed by atoms with Crippen LogP contribution in [0.15, 0.2) is 0 Å². The van der Waals surface area contributed by atoms with E-state index in [1.165, 1.54) is 167 Å². The summed E-state index contributed by atoms with van der Waals surface area (Å²) in [5.74, 6) is 0. The van der Waals surface area contributed by atoms with Gasteiger partial charge in [-0.2, -0.15) is 0 Å². The lowest BCUT2D eigenvalue weighted by molar-refractivity contribution is -0.0666. The van der Waals surface area contributed by atoms with E-state index in [9.17, 15) is 10.2 Å². The minimum absolute atomic E-state index is 0.313. The summed E-state index contributed by atoms with van der Waals surface area (Å²) in [5.41, 5.74) is 0. The van der Waals surface area contributed by atoms with Crippen molar-refractivity contribution in [2.45, 2.75) is 225 Å². The molecule has 4 heteroatoms. The number of unbranched alkanes of at least 4 members (excludes halogenated alkanes) is 26. The van der Waals surface area contributed by atoms with Crippen LogP contribution >= 0.6 is 0 Å². The topological polar surface area (TPSA) is 58.9 Å². The van der Waals surface area contributed by atoms with Gasteiger partial charge in [-0.3, -0.25) is 0 Å². The van der Waals surface area contributed by atoms with Crippen LogP contribution in [0, 0.1) is 0 Å². The van der Waals surface area contributed by atoms with Crippen LogP contribution in [0.1, 0.15) is 207 Å². The van der Waals surface area contributed by atoms with Gasteiger partial charge >= 0.3 is 0 Å². The van der Waals surface area contributed by atoms with Crippen molar-refractivity contribution in [3.63, 3.8) is 0 Å². The second kappa shape index (κ2) is 35.3. The van der Waals surface area contributed by atoms with E-state index in [0.29, 0.717) is 26.2 Å². The first kappa shape index (κ1) is 41.8. The van der Waals surface area contributed by atoms with Crippen LogP contribution in [0.25, 0.3) is 0 Å². The summed E-state index contributed by atoms with van der Waals surface area (Å²) in [6, 6.07) is 0. The Kier molecular flexibility index (Phi) is 35.2. The molecule has 0 aromatic heterocycles. The van der Waals surface area contributed by atoms with Gasteiger partial charge in [0.15, 0.2) is 0 Å². The maximum absolute atomic E-state index is 10.4. The van der Waals surface area contributed by atoms with E-state index in [1.54, 1.807) is 6.92 Å². The van der Waals surface area contributed by atoms with Gasteiger partial charge in [-0.1, -0.05) is 181 Å². The Morgan fingerprint density at radius 3 is 1.07 bits per heavy atom. The highest BCUT2D eigenvalue weighted by Crippen LogP contribution is 2.15. The van der Waals surface area contributed by atoms with Crippen molar-refractivity contribution < 1.29 is 19.7 Å². The van der Waals surface area contributed by atoms with E-state index in [0.717, 1.165) is 12.8 Å². The largest absolute Gasteiger partial charge is 0.391 e. The van der Waals surface area contributed by atoms with Gasteiger partial charge < -0.3 is 19.7 Å². The van der Waals surface area contributed by atoms with Gasteiger partial charge in [0.25, 0.3) is 0 Å². The third-order valence-corrected chi connectivity index (χ3v) is 8.82. The third kappa shape index (κ3) is 32.7. The van der Waals surface area contributed by atoms with Gasteiger partial charge in [0.1, 0.15) is 0 Å². The fraction of sp³-hybridized carbons (Fsp3) is 1.00. The van der Waals surface area contributed by atoms with Gasteiger partial charge in [-0.15, -0.1) is 0 Å². The predicted octanol–water partition coefficient (Wildman–Crippen LogP) is 11.5. The van der Waals surface area contributed by atoms with E-state index >= 15 is 0 Å². The minimum atomic E-state index is -0.576. The number of ether oxygens (including phenoxy) is 2. The van der Waals surface area contributed by atoms with E-state index in [1.807, 2.05) is 0 Å². The maximum atomic E-state index is 10.4. The van der Waals surface area contributed by atoms with Gasteiger partial charge in [-0.05, 0) is 19.8 Å². The van der Waals surface area contributed by atoms with Crippen LogP contribution in [-0.4, -0.2) is 48.3 Å². The quantitative estimate of drug-likeness (QED) is 0.0704. The fourth-order valence-electron chi connectivity index (χ4n) is 5.89. The molecule has 0 aliphatic rings. The minimum Gasteiger partial charge on any atom is -0.391 e. The first-order valence-electron chi connectivity index (χ1n) is 19.2. The van der Waals surface area contributed by atoms with Crippen LogP contribution in [-0.2, 0) is 9.47 Å². The average Bonchev–Trinajstić information content (AvgIpc) is 2.98. The Bertz CT molecular complexity index is 484. The van der Waals surface area contributed by atoms with E-state index in [2.05, 4.69) is 13.8 Å². The molecule has 254 valence electrons. The van der Waals surface area contributed by atoms with Crippen molar-refractivity contribution in [3.8, 4) is 0 Å². The molecular weight excluding hydrogens is 520 g/mol. The molecule has 2 N–H and O–H groups in total. The number of rotatable bonds is 36. The van der Waals surface area contributed by atoms with Crippen molar-refractivity contribution in [2.75, 3.05) is 19.8 Å². The van der Waals surface area contributed by atoms with E-state index in [-0.39, 0.29) is 6.10 Å². The maximum Gasteiger partial charge on any atom is 0.0856 e. The molecule has 0 aromatic carbocycles. The molecule has 0 fully saturated rings. The molecule has 0 saturated carbocycles. The number of hydrogen-bond donors (Lipinski definition) is 2. The van der Waals surface area contributed by atoms with Gasteiger partial charge in [0.05, 0.1) is 24.9 Å². The summed E-state index contributed by atoms with van der Waals surface area (Å²) in [7, 11) is 0. The van der Waals surface area contributed by atoms with Crippen LogP contribution in [0.2, 0.25) is 0 Å². The average molecular weight is 599 g/mol. The highest BCUT2D eigenvalue weighted by atomic mass is 16.5. The second-order valence-corrected chi connectivity index (χ2v) is 13.3. The van der Waals surface area contributed by atoms with Crippen molar-refractivity contribution in [1.29, 1.82) is 0 Å². The third-order valence-electron chi connectivity index (χ3n) is 8.82. The van der Waals surface area contributed by atoms with Crippen molar-refractivity contribution >= 4 is 0 Å². The predicted molar refractivity (Wildman–Crippen MR) is 183 cm³/mol. The second-order valence-electron chi connectivity index (χ2n) is 13.3. The first-order chi connectivity index (χ1) is 20.6. The van der Waals surface area contributed by atoms with Crippen LogP contribution < -0.4 is 0 Å². The molecule has 0 bridgehead atoms. The molecule has 42 heavy (non-hydrogen) atoms. The van der Waals surface area contributed by atoms with E-state index in [4.69, 9.17) is 9.47 Å². The standard InChI is InChI=1S/C38H78O4/c1-4-6-8-10-12-14-16-18-20-22-24-26-28-30-32-41-35-37(40)34-38(36(3)39)42-33-31-29-27-25-23-21-19-17-15-13-11-9-7-5-2/h36-40H,4-35H2,1-3H3. The number of aliphatic hydroxyl groups is 2. The van der Waals surface area contributed by atoms with Crippen LogP contribution in [0.3, 0.4) is 0 Å². The summed E-state index contributed by atoms with van der Waals surface area (Å²) in [6.07, 6.45) is 36.8. The highest BCUT2D eigenvalue weighted by Gasteiger charge is 2.20. The van der Waals surface area contributed by atoms with E-state index < -0.39 is 12.2 Å². The van der Waals surface area contributed by atoms with Crippen LogP contribution in [0.4, 0.5) is 0 Å². The number of hydrogen-bond acceptors (Lipinski definition) is 4. The smallest absolute Gasteiger partial charge is 0.0856 e. The molecule has 0 aliphatic heterocycles. The zero-order valence-electron chi connectivity index (χ0n) is 29.1. The summed E-state index contributed by atoms with van der Waals surface area (Å²) in [5, 5.41) is 20.5. The zero-order valence-corrected chi connectivity index (χ0v) is 29.1. The summed E-state index contributed by atoms with van der Waals surface area (Å²) in [4.78, 5) is 0. The fourth-order valence-corrected chi connectivity index (χ4v) is 5.89. The Morgan fingerprint density at radius 1 is 0.429 bits per heavy atom. The summed E-state index contributed by atoms with van der Waals surface area (Å²) in [6.45, 7) is 8.05. The zero-order chi connectivity index (χ0) is 30.8. The molecule has 0 amide bonds. The van der Waals surface area contributed by atoms with Crippen LogP contribution in [0.5, 0.6) is 0 Å². The Morgan fingerprint density at radius 2 is 0.738 bits per heavy atom. The Hall–Kier alpha value is -0.160. The molecule has 0 heterocycles. The molecule has 3 unspecified atom stereocenters. The SMILES string of the molecule is CCCCCCCCCCCCCCCCOCC(O)CC(OCCCCCCCCCCCCCCCC)C(C)O. The molecule has 0 aromatic rings. The molecule has 0 aliphatic carbocycles. The lowest BCUT2D eigenvalue weighted by Crippen LogP contribution is -2.33. The molecular formula is C38H78O4. The van der Waals surface area contributed by atoms with Crippen molar-refractivity contribution in [2.24, 2.45) is 0 Å². The lowest BCUT2D eigenvalue weighted by Gasteiger charge is -2.23. The molecule has 0 saturated heterocycles. The summed E-state index contributed by atoms with van der Waals surface area (Å²) < 4.78 is 11.7. The molecule has 3 atom stereocenters. The van der Waals surface area contributed by atoms with Crippen molar-refractivity contribution in [3.05, 3.63) is 0 Å². The lowest BCUT2D eigenvalue weighted by atomic mass is 10.0. The highest BCUT2D eigenvalue weighted by molar-refractivity contribution is 4.70. The van der Waals surface area contributed by atoms with Crippen molar-refractivity contribution in [1.82, 2.24) is 0 Å². The monoisotopic (exact) mass is 599 g/mol. The molecule has 0 rings (SSSR count). The number of aliphatic hydroxyl groups excluding tert-OH is 2. The van der Waals surface area contributed by atoms with Gasteiger partial charge in [0.2, 0.25) is 0 Å². The first-order valence-corrected chi connectivity index (χ1v) is 19.2. The molecule has 0 spiro atoms. The molecule has 0 radical (unpaired) electrons. The Labute approximate surface area is 264 Å². The normalized spacial score (nSPS) is 13.9. The Balaban J connectivity index is 3.49.